The van der Waals surface area contributed by atoms with Gasteiger partial charge in [0.05, 0.1) is 12.2 Å². The van der Waals surface area contributed by atoms with E-state index in [9.17, 15) is 9.59 Å². The lowest BCUT2D eigenvalue weighted by Crippen LogP contribution is -2.50. The van der Waals surface area contributed by atoms with Gasteiger partial charge < -0.3 is 19.1 Å². The van der Waals surface area contributed by atoms with Gasteiger partial charge in [0.2, 0.25) is 0 Å². The van der Waals surface area contributed by atoms with E-state index >= 15 is 0 Å². The highest BCUT2D eigenvalue weighted by Gasteiger charge is 2.28. The minimum Gasteiger partial charge on any atom is -0.450 e. The van der Waals surface area contributed by atoms with E-state index in [4.69, 9.17) is 4.74 Å². The van der Waals surface area contributed by atoms with Gasteiger partial charge in [0, 0.05) is 43.6 Å². The fourth-order valence-corrected chi connectivity index (χ4v) is 4.37. The Labute approximate surface area is 156 Å². The minimum absolute atomic E-state index is 0.0867. The number of amides is 2. The molecule has 3 rings (SSSR count). The van der Waals surface area contributed by atoms with Crippen molar-refractivity contribution in [3.05, 3.63) is 23.0 Å². The van der Waals surface area contributed by atoms with E-state index in [0.717, 1.165) is 11.3 Å². The molecular weight excluding hydrogens is 330 g/mol. The van der Waals surface area contributed by atoms with Crippen LogP contribution in [0.2, 0.25) is 0 Å². The van der Waals surface area contributed by atoms with Crippen molar-refractivity contribution < 1.29 is 14.3 Å². The molecule has 2 amide bonds. The normalized spacial score (nSPS) is 18.9. The second kappa shape index (κ2) is 8.14. The average Bonchev–Trinajstić information content (AvgIpc) is 2.96. The molecule has 1 aromatic heterocycles. The summed E-state index contributed by atoms with van der Waals surface area (Å²) >= 11 is 0. The summed E-state index contributed by atoms with van der Waals surface area (Å²) in [6.07, 6.45) is 6.02. The van der Waals surface area contributed by atoms with Gasteiger partial charge in [-0.25, -0.2) is 4.79 Å². The summed E-state index contributed by atoms with van der Waals surface area (Å²) in [5, 5.41) is 0. The SMILES string of the molecule is CCOC(=O)N1CCN(C(=O)c2cc(C)n(C3CCCCC3)c2C)CC1. The number of aryl methyl sites for hydroxylation is 1. The number of carbonyl (C=O) groups excluding carboxylic acids is 2. The van der Waals surface area contributed by atoms with Crippen LogP contribution in [0.5, 0.6) is 0 Å². The van der Waals surface area contributed by atoms with Crippen molar-refractivity contribution in [1.29, 1.82) is 0 Å². The van der Waals surface area contributed by atoms with Gasteiger partial charge in [-0.1, -0.05) is 19.3 Å². The molecule has 0 N–H and O–H groups in total. The molecule has 0 radical (unpaired) electrons. The van der Waals surface area contributed by atoms with Gasteiger partial charge in [0.15, 0.2) is 0 Å². The summed E-state index contributed by atoms with van der Waals surface area (Å²) in [5.74, 6) is 0.0867. The van der Waals surface area contributed by atoms with Crippen molar-refractivity contribution in [2.45, 2.75) is 58.9 Å². The summed E-state index contributed by atoms with van der Waals surface area (Å²) in [6.45, 7) is 8.55. The van der Waals surface area contributed by atoms with Gasteiger partial charge in [0.1, 0.15) is 0 Å². The predicted octanol–water partition coefficient (Wildman–Crippen LogP) is 3.52. The lowest BCUT2D eigenvalue weighted by atomic mass is 9.95. The second-order valence-electron chi connectivity index (χ2n) is 7.42. The maximum atomic E-state index is 13.0. The van der Waals surface area contributed by atoms with E-state index in [1.807, 2.05) is 11.0 Å². The molecule has 0 atom stereocenters. The lowest BCUT2D eigenvalue weighted by molar-refractivity contribution is 0.0569. The Morgan fingerprint density at radius 1 is 1.04 bits per heavy atom. The van der Waals surface area contributed by atoms with E-state index in [1.165, 1.54) is 37.8 Å². The van der Waals surface area contributed by atoms with Crippen LogP contribution in [0.25, 0.3) is 0 Å². The van der Waals surface area contributed by atoms with Crippen LogP contribution in [0.4, 0.5) is 4.79 Å². The number of aromatic nitrogens is 1. The molecule has 1 aliphatic heterocycles. The third-order valence-corrected chi connectivity index (χ3v) is 5.75. The Morgan fingerprint density at radius 2 is 1.65 bits per heavy atom. The zero-order chi connectivity index (χ0) is 18.7. The van der Waals surface area contributed by atoms with Crippen LogP contribution in [-0.2, 0) is 4.74 Å². The molecule has 1 saturated carbocycles. The van der Waals surface area contributed by atoms with Crippen molar-refractivity contribution in [2.75, 3.05) is 32.8 Å². The smallest absolute Gasteiger partial charge is 0.409 e. The van der Waals surface area contributed by atoms with E-state index < -0.39 is 0 Å². The van der Waals surface area contributed by atoms with Crippen LogP contribution < -0.4 is 0 Å². The lowest BCUT2D eigenvalue weighted by Gasteiger charge is -2.34. The van der Waals surface area contributed by atoms with Crippen molar-refractivity contribution in [3.63, 3.8) is 0 Å². The summed E-state index contributed by atoms with van der Waals surface area (Å²) in [4.78, 5) is 28.4. The van der Waals surface area contributed by atoms with Gasteiger partial charge in [-0.3, -0.25) is 4.79 Å². The number of ether oxygens (including phenoxy) is 1. The average molecular weight is 361 g/mol. The number of hydrogen-bond donors (Lipinski definition) is 0. The highest BCUT2D eigenvalue weighted by Crippen LogP contribution is 2.32. The third kappa shape index (κ3) is 3.74. The summed E-state index contributed by atoms with van der Waals surface area (Å²) in [7, 11) is 0. The first kappa shape index (κ1) is 18.8. The fraction of sp³-hybridized carbons (Fsp3) is 0.700. The maximum absolute atomic E-state index is 13.0. The Balaban J connectivity index is 1.68. The van der Waals surface area contributed by atoms with Gasteiger partial charge in [-0.15, -0.1) is 0 Å². The molecule has 1 aliphatic carbocycles. The molecule has 2 heterocycles. The molecule has 0 unspecified atom stereocenters. The molecule has 26 heavy (non-hydrogen) atoms. The predicted molar refractivity (Wildman–Crippen MR) is 101 cm³/mol. The molecule has 1 saturated heterocycles. The highest BCUT2D eigenvalue weighted by molar-refractivity contribution is 5.96. The summed E-state index contributed by atoms with van der Waals surface area (Å²) in [6, 6.07) is 2.58. The Bertz CT molecular complexity index is 654. The zero-order valence-corrected chi connectivity index (χ0v) is 16.3. The van der Waals surface area contributed by atoms with Gasteiger partial charge in [-0.05, 0) is 39.7 Å². The molecular formula is C20H31N3O3. The van der Waals surface area contributed by atoms with Crippen LogP contribution in [0, 0.1) is 13.8 Å². The van der Waals surface area contributed by atoms with Gasteiger partial charge in [-0.2, -0.15) is 0 Å². The number of rotatable bonds is 3. The van der Waals surface area contributed by atoms with Crippen molar-refractivity contribution in [1.82, 2.24) is 14.4 Å². The number of piperazine rings is 1. The van der Waals surface area contributed by atoms with Crippen molar-refractivity contribution in [3.8, 4) is 0 Å². The van der Waals surface area contributed by atoms with E-state index in [1.54, 1.807) is 11.8 Å². The molecule has 6 heteroatoms. The molecule has 0 spiro atoms. The molecule has 2 aliphatic rings. The molecule has 6 nitrogen and oxygen atoms in total. The molecule has 1 aromatic rings. The Morgan fingerprint density at radius 3 is 2.27 bits per heavy atom. The van der Waals surface area contributed by atoms with Crippen LogP contribution in [0.1, 0.15) is 66.8 Å². The first-order chi connectivity index (χ1) is 12.5. The first-order valence-corrected chi connectivity index (χ1v) is 9.92. The van der Waals surface area contributed by atoms with E-state index in [-0.39, 0.29) is 12.0 Å². The third-order valence-electron chi connectivity index (χ3n) is 5.75. The maximum Gasteiger partial charge on any atom is 0.409 e. The largest absolute Gasteiger partial charge is 0.450 e. The van der Waals surface area contributed by atoms with Crippen molar-refractivity contribution in [2.24, 2.45) is 0 Å². The minimum atomic E-state index is -0.282. The Hall–Kier alpha value is -1.98. The fourth-order valence-electron chi connectivity index (χ4n) is 4.37. The number of carbonyl (C=O) groups is 2. The topological polar surface area (TPSA) is 54.8 Å². The first-order valence-electron chi connectivity index (χ1n) is 9.92. The highest BCUT2D eigenvalue weighted by atomic mass is 16.6. The summed E-state index contributed by atoms with van der Waals surface area (Å²) in [5.41, 5.74) is 3.09. The van der Waals surface area contributed by atoms with Gasteiger partial charge >= 0.3 is 6.09 Å². The monoisotopic (exact) mass is 361 g/mol. The van der Waals surface area contributed by atoms with Crippen molar-refractivity contribution >= 4 is 12.0 Å². The molecule has 0 aromatic carbocycles. The number of hydrogen-bond acceptors (Lipinski definition) is 3. The van der Waals surface area contributed by atoms with Crippen LogP contribution >= 0.6 is 0 Å². The molecule has 0 bridgehead atoms. The Kier molecular flexibility index (Phi) is 5.89. The number of nitrogens with zero attached hydrogens (tertiary/aromatic N) is 3. The van der Waals surface area contributed by atoms with Crippen LogP contribution in [0.3, 0.4) is 0 Å². The summed E-state index contributed by atoms with van der Waals surface area (Å²) < 4.78 is 7.42. The van der Waals surface area contributed by atoms with E-state index in [2.05, 4.69) is 18.4 Å². The quantitative estimate of drug-likeness (QED) is 0.828. The zero-order valence-electron chi connectivity index (χ0n) is 16.3. The van der Waals surface area contributed by atoms with Crippen LogP contribution in [0.15, 0.2) is 6.07 Å². The molecule has 2 fully saturated rings. The standard InChI is InChI=1S/C20H31N3O3/c1-4-26-20(25)22-12-10-21(11-13-22)19(24)18-14-15(2)23(16(18)3)17-8-6-5-7-9-17/h14,17H,4-13H2,1-3H3. The molecule has 144 valence electrons. The second-order valence-corrected chi connectivity index (χ2v) is 7.42. The van der Waals surface area contributed by atoms with Crippen LogP contribution in [-0.4, -0.2) is 59.2 Å². The van der Waals surface area contributed by atoms with Gasteiger partial charge in [0.25, 0.3) is 5.91 Å². The van der Waals surface area contributed by atoms with E-state index in [0.29, 0.717) is 38.8 Å².